The SMILES string of the molecule is CCCCCCC[C@]1(C#N)CC[C@H](OCO[C@H]2CC[C@H](CCCCC)CC2)CC1. The molecule has 0 spiro atoms. The summed E-state index contributed by atoms with van der Waals surface area (Å²) in [6, 6.07) is 2.67. The van der Waals surface area contributed by atoms with Crippen molar-refractivity contribution in [2.24, 2.45) is 11.3 Å². The Morgan fingerprint density at radius 3 is 1.97 bits per heavy atom. The zero-order valence-electron chi connectivity index (χ0n) is 19.4. The number of unbranched alkanes of at least 4 members (excludes halogenated alkanes) is 6. The van der Waals surface area contributed by atoms with Gasteiger partial charge in [0.05, 0.1) is 23.7 Å². The first-order valence-corrected chi connectivity index (χ1v) is 12.9. The molecular formula is C26H47NO2. The zero-order chi connectivity index (χ0) is 20.8. The molecule has 0 N–H and O–H groups in total. The Hall–Kier alpha value is -0.590. The van der Waals surface area contributed by atoms with Gasteiger partial charge in [-0.25, -0.2) is 0 Å². The molecule has 0 aromatic rings. The third-order valence-electron chi connectivity index (χ3n) is 7.50. The summed E-state index contributed by atoms with van der Waals surface area (Å²) in [5.74, 6) is 0.932. The quantitative estimate of drug-likeness (QED) is 0.218. The molecule has 3 heteroatoms. The number of nitrogens with zero attached hydrogens (tertiary/aromatic N) is 1. The number of rotatable bonds is 14. The van der Waals surface area contributed by atoms with E-state index in [2.05, 4.69) is 19.9 Å². The van der Waals surface area contributed by atoms with Crippen LogP contribution in [0.5, 0.6) is 0 Å². The third kappa shape index (κ3) is 9.39. The minimum Gasteiger partial charge on any atom is -0.352 e. The Labute approximate surface area is 180 Å². The Morgan fingerprint density at radius 2 is 1.34 bits per heavy atom. The van der Waals surface area contributed by atoms with Crippen LogP contribution in [0.1, 0.15) is 129 Å². The van der Waals surface area contributed by atoms with Crippen LogP contribution >= 0.6 is 0 Å². The number of nitriles is 1. The fraction of sp³-hybridized carbons (Fsp3) is 0.962. The molecule has 0 aromatic carbocycles. The molecule has 2 rings (SSSR count). The molecule has 0 bridgehead atoms. The maximum Gasteiger partial charge on any atom is 0.147 e. The van der Waals surface area contributed by atoms with Gasteiger partial charge in [0.15, 0.2) is 0 Å². The monoisotopic (exact) mass is 405 g/mol. The van der Waals surface area contributed by atoms with Gasteiger partial charge in [-0.05, 0) is 63.7 Å². The third-order valence-corrected chi connectivity index (χ3v) is 7.50. The van der Waals surface area contributed by atoms with Crippen LogP contribution < -0.4 is 0 Å². The lowest BCUT2D eigenvalue weighted by Gasteiger charge is -2.35. The van der Waals surface area contributed by atoms with Gasteiger partial charge in [-0.2, -0.15) is 5.26 Å². The van der Waals surface area contributed by atoms with Crippen LogP contribution in [0.4, 0.5) is 0 Å². The topological polar surface area (TPSA) is 42.2 Å². The van der Waals surface area contributed by atoms with Crippen LogP contribution in [0, 0.1) is 22.7 Å². The summed E-state index contributed by atoms with van der Waals surface area (Å²) in [5, 5.41) is 9.75. The molecule has 0 radical (unpaired) electrons. The molecule has 0 unspecified atom stereocenters. The largest absolute Gasteiger partial charge is 0.352 e. The highest BCUT2D eigenvalue weighted by atomic mass is 16.7. The Balaban J connectivity index is 1.54. The highest BCUT2D eigenvalue weighted by Gasteiger charge is 2.35. The van der Waals surface area contributed by atoms with Gasteiger partial charge in [0.1, 0.15) is 6.79 Å². The fourth-order valence-corrected chi connectivity index (χ4v) is 5.30. The van der Waals surface area contributed by atoms with E-state index < -0.39 is 0 Å². The summed E-state index contributed by atoms with van der Waals surface area (Å²) in [7, 11) is 0. The molecule has 2 aliphatic rings. The van der Waals surface area contributed by atoms with Crippen LogP contribution in [-0.4, -0.2) is 19.0 Å². The predicted octanol–water partition coefficient (Wildman–Crippen LogP) is 7.93. The lowest BCUT2D eigenvalue weighted by Crippen LogP contribution is -2.31. The Kier molecular flexibility index (Phi) is 12.3. The summed E-state index contributed by atoms with van der Waals surface area (Å²) in [6.07, 6.45) is 22.9. The summed E-state index contributed by atoms with van der Waals surface area (Å²) in [6.45, 7) is 4.99. The van der Waals surface area contributed by atoms with Gasteiger partial charge in [0.2, 0.25) is 0 Å². The molecule has 2 fully saturated rings. The molecule has 0 amide bonds. The van der Waals surface area contributed by atoms with Gasteiger partial charge >= 0.3 is 0 Å². The molecule has 0 atom stereocenters. The minimum atomic E-state index is -0.0803. The summed E-state index contributed by atoms with van der Waals surface area (Å²) in [4.78, 5) is 0. The van der Waals surface area contributed by atoms with Crippen LogP contribution in [0.2, 0.25) is 0 Å². The van der Waals surface area contributed by atoms with E-state index in [9.17, 15) is 5.26 Å². The molecule has 0 aliphatic heterocycles. The lowest BCUT2D eigenvalue weighted by atomic mass is 9.71. The first-order chi connectivity index (χ1) is 14.2. The van der Waals surface area contributed by atoms with E-state index in [1.807, 2.05) is 0 Å². The van der Waals surface area contributed by atoms with E-state index in [0.29, 0.717) is 19.0 Å². The minimum absolute atomic E-state index is 0.0803. The lowest BCUT2D eigenvalue weighted by molar-refractivity contribution is -0.137. The van der Waals surface area contributed by atoms with Gasteiger partial charge in [0.25, 0.3) is 0 Å². The molecule has 29 heavy (non-hydrogen) atoms. The van der Waals surface area contributed by atoms with Crippen molar-refractivity contribution in [3.8, 4) is 6.07 Å². The van der Waals surface area contributed by atoms with Crippen LogP contribution in [0.15, 0.2) is 0 Å². The summed E-state index contributed by atoms with van der Waals surface area (Å²) in [5.41, 5.74) is -0.0803. The van der Waals surface area contributed by atoms with Crippen LogP contribution in [0.25, 0.3) is 0 Å². The van der Waals surface area contributed by atoms with Crippen molar-refractivity contribution in [2.75, 3.05) is 6.79 Å². The highest BCUT2D eigenvalue weighted by molar-refractivity contribution is 5.01. The Morgan fingerprint density at radius 1 is 0.759 bits per heavy atom. The standard InChI is InChI=1S/C26H47NO2/c1-3-5-7-8-10-18-26(21-27)19-16-25(17-20-26)29-22-28-24-14-12-23(13-15-24)11-9-6-4-2/h23-25H,3-20,22H2,1-2H3/t23-,24-,25-,26-. The van der Waals surface area contributed by atoms with E-state index in [-0.39, 0.29) is 5.41 Å². The van der Waals surface area contributed by atoms with Gasteiger partial charge in [0, 0.05) is 0 Å². The number of hydrogen-bond acceptors (Lipinski definition) is 3. The molecular weight excluding hydrogens is 358 g/mol. The second kappa shape index (κ2) is 14.4. The van der Waals surface area contributed by atoms with Crippen molar-refractivity contribution in [1.29, 1.82) is 5.26 Å². The van der Waals surface area contributed by atoms with Crippen LogP contribution in [-0.2, 0) is 9.47 Å². The average Bonchev–Trinajstić information content (AvgIpc) is 2.76. The predicted molar refractivity (Wildman–Crippen MR) is 121 cm³/mol. The van der Waals surface area contributed by atoms with Crippen molar-refractivity contribution >= 4 is 0 Å². The highest BCUT2D eigenvalue weighted by Crippen LogP contribution is 2.41. The van der Waals surface area contributed by atoms with Crippen molar-refractivity contribution in [1.82, 2.24) is 0 Å². The molecule has 2 saturated carbocycles. The van der Waals surface area contributed by atoms with Crippen molar-refractivity contribution in [3.63, 3.8) is 0 Å². The smallest absolute Gasteiger partial charge is 0.147 e. The molecule has 168 valence electrons. The normalized spacial score (nSPS) is 30.2. The maximum absolute atomic E-state index is 9.75. The van der Waals surface area contributed by atoms with Gasteiger partial charge in [-0.1, -0.05) is 71.6 Å². The zero-order valence-corrected chi connectivity index (χ0v) is 19.4. The molecule has 3 nitrogen and oxygen atoms in total. The second-order valence-corrected chi connectivity index (χ2v) is 9.85. The van der Waals surface area contributed by atoms with Crippen LogP contribution in [0.3, 0.4) is 0 Å². The number of ether oxygens (including phenoxy) is 2. The summed E-state index contributed by atoms with van der Waals surface area (Å²) < 4.78 is 12.1. The molecule has 2 aliphatic carbocycles. The Bertz CT molecular complexity index is 442. The van der Waals surface area contributed by atoms with E-state index >= 15 is 0 Å². The van der Waals surface area contributed by atoms with Crippen molar-refractivity contribution in [2.45, 2.75) is 142 Å². The van der Waals surface area contributed by atoms with E-state index in [0.717, 1.165) is 38.0 Å². The van der Waals surface area contributed by atoms with Crippen molar-refractivity contribution in [3.05, 3.63) is 0 Å². The second-order valence-electron chi connectivity index (χ2n) is 9.85. The van der Waals surface area contributed by atoms with E-state index in [1.54, 1.807) is 0 Å². The molecule has 0 aromatic heterocycles. The van der Waals surface area contributed by atoms with E-state index in [4.69, 9.17) is 9.47 Å². The molecule has 0 heterocycles. The van der Waals surface area contributed by atoms with E-state index in [1.165, 1.54) is 83.5 Å². The van der Waals surface area contributed by atoms with Gasteiger partial charge in [-0.3, -0.25) is 0 Å². The number of hydrogen-bond donors (Lipinski definition) is 0. The summed E-state index contributed by atoms with van der Waals surface area (Å²) >= 11 is 0. The molecule has 0 saturated heterocycles. The first-order valence-electron chi connectivity index (χ1n) is 12.9. The van der Waals surface area contributed by atoms with Gasteiger partial charge in [-0.15, -0.1) is 0 Å². The first kappa shape index (κ1) is 24.7. The maximum atomic E-state index is 9.75. The van der Waals surface area contributed by atoms with Crippen molar-refractivity contribution < 1.29 is 9.47 Å². The van der Waals surface area contributed by atoms with Gasteiger partial charge < -0.3 is 9.47 Å². The average molecular weight is 406 g/mol. The fourth-order valence-electron chi connectivity index (χ4n) is 5.30.